The van der Waals surface area contributed by atoms with Crippen molar-refractivity contribution in [1.29, 1.82) is 0 Å². The number of anilines is 1. The predicted molar refractivity (Wildman–Crippen MR) is 86.2 cm³/mol. The number of hydrogen-bond acceptors (Lipinski definition) is 4. The number of methoxy groups -OCH3 is 1. The van der Waals surface area contributed by atoms with Gasteiger partial charge in [-0.2, -0.15) is 0 Å². The highest BCUT2D eigenvalue weighted by Gasteiger charge is 2.14. The largest absolute Gasteiger partial charge is 0.497 e. The first-order valence-electron chi connectivity index (χ1n) is 6.51. The van der Waals surface area contributed by atoms with Gasteiger partial charge in [-0.3, -0.25) is 4.79 Å². The lowest BCUT2D eigenvalue weighted by molar-refractivity contribution is -0.113. The van der Waals surface area contributed by atoms with Crippen LogP contribution in [0.25, 0.3) is 0 Å². The highest BCUT2D eigenvalue weighted by molar-refractivity contribution is 6.29. The Morgan fingerprint density at radius 1 is 1.23 bits per heavy atom. The van der Waals surface area contributed by atoms with Crippen molar-refractivity contribution in [2.75, 3.05) is 18.3 Å². The number of rotatable bonds is 5. The van der Waals surface area contributed by atoms with Crippen molar-refractivity contribution < 1.29 is 14.7 Å². The van der Waals surface area contributed by atoms with Crippen LogP contribution in [-0.2, 0) is 4.79 Å². The Balaban J connectivity index is 2.41. The van der Waals surface area contributed by atoms with Crippen LogP contribution in [0.2, 0.25) is 0 Å². The molecule has 0 fully saturated rings. The molecule has 2 aromatic rings. The van der Waals surface area contributed by atoms with Gasteiger partial charge in [0.05, 0.1) is 12.8 Å². The van der Waals surface area contributed by atoms with E-state index >= 15 is 0 Å². The van der Waals surface area contributed by atoms with Crippen LogP contribution in [0.4, 0.5) is 5.69 Å². The number of benzene rings is 2. The molecule has 0 unspecified atom stereocenters. The van der Waals surface area contributed by atoms with Crippen LogP contribution in [0.1, 0.15) is 11.1 Å². The molecule has 0 atom stereocenters. The van der Waals surface area contributed by atoms with Gasteiger partial charge in [-0.1, -0.05) is 23.4 Å². The predicted octanol–water partition coefficient (Wildman–Crippen LogP) is 3.10. The number of carbonyl (C=O) groups is 1. The van der Waals surface area contributed by atoms with E-state index in [1.165, 1.54) is 0 Å². The van der Waals surface area contributed by atoms with Crippen LogP contribution in [0.3, 0.4) is 0 Å². The lowest BCUT2D eigenvalue weighted by Gasteiger charge is -2.12. The van der Waals surface area contributed by atoms with Crippen molar-refractivity contribution in [3.05, 3.63) is 59.7 Å². The summed E-state index contributed by atoms with van der Waals surface area (Å²) in [5.41, 5.74) is 2.15. The Labute approximate surface area is 133 Å². The van der Waals surface area contributed by atoms with E-state index in [2.05, 4.69) is 10.5 Å². The van der Waals surface area contributed by atoms with Crippen LogP contribution in [-0.4, -0.2) is 29.8 Å². The van der Waals surface area contributed by atoms with Gasteiger partial charge in [0.25, 0.3) is 0 Å². The van der Waals surface area contributed by atoms with Gasteiger partial charge in [0.2, 0.25) is 5.91 Å². The van der Waals surface area contributed by atoms with E-state index in [9.17, 15) is 10.0 Å². The third-order valence-corrected chi connectivity index (χ3v) is 3.28. The summed E-state index contributed by atoms with van der Waals surface area (Å²) in [5.74, 6) is 0.216. The Kier molecular flexibility index (Phi) is 5.38. The molecule has 2 rings (SSSR count). The minimum absolute atomic E-state index is 0.150. The van der Waals surface area contributed by atoms with Gasteiger partial charge in [0.15, 0.2) is 0 Å². The molecule has 1 amide bonds. The van der Waals surface area contributed by atoms with Crippen LogP contribution in [0.15, 0.2) is 53.7 Å². The number of oxime groups is 1. The molecule has 0 aliphatic heterocycles. The zero-order valence-electron chi connectivity index (χ0n) is 11.9. The van der Waals surface area contributed by atoms with Crippen molar-refractivity contribution in [2.24, 2.45) is 5.16 Å². The molecule has 2 aromatic carbocycles. The number of halogens is 1. The molecule has 0 aliphatic rings. The van der Waals surface area contributed by atoms with Gasteiger partial charge in [0, 0.05) is 11.1 Å². The average Bonchev–Trinajstić information content (AvgIpc) is 2.57. The maximum absolute atomic E-state index is 11.5. The van der Waals surface area contributed by atoms with Gasteiger partial charge >= 0.3 is 0 Å². The standard InChI is InChI=1S/C16H15ClN2O3/c1-22-12-8-6-11(7-9-12)16(19-21)13-4-2-3-5-14(13)18-15(20)10-17/h2-9,21H,10H2,1H3,(H,18,20). The Bertz CT molecular complexity index is 684. The minimum Gasteiger partial charge on any atom is -0.497 e. The van der Waals surface area contributed by atoms with Gasteiger partial charge < -0.3 is 15.3 Å². The third kappa shape index (κ3) is 3.56. The summed E-state index contributed by atoms with van der Waals surface area (Å²) >= 11 is 5.51. The molecule has 6 heteroatoms. The topological polar surface area (TPSA) is 70.9 Å². The summed E-state index contributed by atoms with van der Waals surface area (Å²) in [6.45, 7) is 0. The summed E-state index contributed by atoms with van der Waals surface area (Å²) < 4.78 is 5.11. The molecule has 114 valence electrons. The van der Waals surface area contributed by atoms with E-state index in [-0.39, 0.29) is 11.8 Å². The zero-order chi connectivity index (χ0) is 15.9. The van der Waals surface area contributed by atoms with Crippen LogP contribution >= 0.6 is 11.6 Å². The van der Waals surface area contributed by atoms with Gasteiger partial charge in [-0.05, 0) is 30.3 Å². The second kappa shape index (κ2) is 7.47. The molecule has 22 heavy (non-hydrogen) atoms. The summed E-state index contributed by atoms with van der Waals surface area (Å²) in [6, 6.07) is 14.1. The number of para-hydroxylation sites is 1. The van der Waals surface area contributed by atoms with Gasteiger partial charge in [-0.15, -0.1) is 11.6 Å². The number of amides is 1. The maximum Gasteiger partial charge on any atom is 0.239 e. The number of nitrogens with one attached hydrogen (secondary N) is 1. The summed E-state index contributed by atoms with van der Waals surface area (Å²) in [6.07, 6.45) is 0. The fourth-order valence-electron chi connectivity index (χ4n) is 2.00. The van der Waals surface area contributed by atoms with Crippen LogP contribution < -0.4 is 10.1 Å². The molecule has 0 saturated heterocycles. The van der Waals surface area contributed by atoms with E-state index in [0.717, 1.165) is 0 Å². The monoisotopic (exact) mass is 318 g/mol. The maximum atomic E-state index is 11.5. The molecule has 0 bridgehead atoms. The molecule has 0 aromatic heterocycles. The SMILES string of the molecule is COc1ccc(C(=NO)c2ccccc2NC(=O)CCl)cc1. The second-order valence-electron chi connectivity index (χ2n) is 4.40. The molecule has 0 spiro atoms. The molecule has 0 radical (unpaired) electrons. The van der Waals surface area contributed by atoms with Crippen molar-refractivity contribution in [2.45, 2.75) is 0 Å². The van der Waals surface area contributed by atoms with Crippen molar-refractivity contribution in [3.63, 3.8) is 0 Å². The molecular weight excluding hydrogens is 304 g/mol. The Morgan fingerprint density at radius 3 is 2.50 bits per heavy atom. The van der Waals surface area contributed by atoms with E-state index in [0.29, 0.717) is 28.3 Å². The average molecular weight is 319 g/mol. The van der Waals surface area contributed by atoms with Gasteiger partial charge in [-0.25, -0.2) is 0 Å². The molecule has 5 nitrogen and oxygen atoms in total. The quantitative estimate of drug-likeness (QED) is 0.385. The number of alkyl halides is 1. The molecule has 0 saturated carbocycles. The highest BCUT2D eigenvalue weighted by atomic mass is 35.5. The minimum atomic E-state index is -0.332. The number of hydrogen-bond donors (Lipinski definition) is 2. The fraction of sp³-hybridized carbons (Fsp3) is 0.125. The first-order valence-corrected chi connectivity index (χ1v) is 7.04. The molecular formula is C16H15ClN2O3. The summed E-state index contributed by atoms with van der Waals surface area (Å²) in [7, 11) is 1.58. The lowest BCUT2D eigenvalue weighted by Crippen LogP contribution is -2.16. The van der Waals surface area contributed by atoms with E-state index in [4.69, 9.17) is 16.3 Å². The fourth-order valence-corrected chi connectivity index (χ4v) is 2.07. The van der Waals surface area contributed by atoms with E-state index in [1.807, 2.05) is 0 Å². The van der Waals surface area contributed by atoms with Crippen molar-refractivity contribution in [1.82, 2.24) is 0 Å². The second-order valence-corrected chi connectivity index (χ2v) is 4.67. The Hall–Kier alpha value is -2.53. The summed E-state index contributed by atoms with van der Waals surface area (Å²) in [4.78, 5) is 11.5. The molecule has 0 heterocycles. The third-order valence-electron chi connectivity index (χ3n) is 3.04. The normalized spacial score (nSPS) is 11.1. The first-order chi connectivity index (χ1) is 10.7. The number of carbonyl (C=O) groups excluding carboxylic acids is 1. The molecule has 2 N–H and O–H groups in total. The van der Waals surface area contributed by atoms with Gasteiger partial charge in [0.1, 0.15) is 17.3 Å². The zero-order valence-corrected chi connectivity index (χ0v) is 12.7. The molecule has 0 aliphatic carbocycles. The highest BCUT2D eigenvalue weighted by Crippen LogP contribution is 2.21. The van der Waals surface area contributed by atoms with E-state index in [1.54, 1.807) is 55.6 Å². The van der Waals surface area contributed by atoms with Crippen molar-refractivity contribution in [3.8, 4) is 5.75 Å². The number of ether oxygens (including phenoxy) is 1. The number of nitrogens with zero attached hydrogens (tertiary/aromatic N) is 1. The van der Waals surface area contributed by atoms with Crippen LogP contribution in [0.5, 0.6) is 5.75 Å². The van der Waals surface area contributed by atoms with Crippen molar-refractivity contribution >= 4 is 28.9 Å². The first kappa shape index (κ1) is 15.9. The van der Waals surface area contributed by atoms with Crippen LogP contribution in [0, 0.1) is 0 Å². The Morgan fingerprint density at radius 2 is 1.91 bits per heavy atom. The lowest BCUT2D eigenvalue weighted by atomic mass is 10.0. The smallest absolute Gasteiger partial charge is 0.239 e. The van der Waals surface area contributed by atoms with E-state index < -0.39 is 0 Å². The summed E-state index contributed by atoms with van der Waals surface area (Å²) in [5, 5.41) is 15.4.